The first-order valence-corrected chi connectivity index (χ1v) is 8.67. The number of rotatable bonds is 4. The van der Waals surface area contributed by atoms with E-state index in [1.54, 1.807) is 22.5 Å². The fourth-order valence-corrected chi connectivity index (χ4v) is 4.69. The van der Waals surface area contributed by atoms with Crippen molar-refractivity contribution in [2.75, 3.05) is 6.54 Å². The highest BCUT2D eigenvalue weighted by atomic mass is 32.2. The number of nitrogens with two attached hydrogens (primary N) is 1. The van der Waals surface area contributed by atoms with Gasteiger partial charge in [0.2, 0.25) is 10.0 Å². The first kappa shape index (κ1) is 15.5. The molecule has 0 radical (unpaired) electrons. The van der Waals surface area contributed by atoms with Crippen LogP contribution in [0.25, 0.3) is 0 Å². The van der Waals surface area contributed by atoms with E-state index < -0.39 is 10.0 Å². The summed E-state index contributed by atoms with van der Waals surface area (Å²) in [5, 5.41) is 0. The predicted molar refractivity (Wildman–Crippen MR) is 80.8 cm³/mol. The molecule has 1 aliphatic heterocycles. The summed E-state index contributed by atoms with van der Waals surface area (Å²) in [5.74, 6) is 0.417. The van der Waals surface area contributed by atoms with E-state index in [4.69, 9.17) is 5.73 Å². The zero-order valence-electron chi connectivity index (χ0n) is 12.4. The van der Waals surface area contributed by atoms with Crippen molar-refractivity contribution in [3.05, 3.63) is 29.8 Å². The van der Waals surface area contributed by atoms with Crippen molar-refractivity contribution in [3.8, 4) is 0 Å². The third-order valence-corrected chi connectivity index (χ3v) is 6.04. The van der Waals surface area contributed by atoms with Gasteiger partial charge < -0.3 is 5.73 Å². The van der Waals surface area contributed by atoms with Crippen LogP contribution in [0.4, 0.5) is 0 Å². The lowest BCUT2D eigenvalue weighted by atomic mass is 10.1. The van der Waals surface area contributed by atoms with E-state index in [-0.39, 0.29) is 12.1 Å². The molecule has 0 spiro atoms. The summed E-state index contributed by atoms with van der Waals surface area (Å²) in [7, 11) is -3.41. The molecular weight excluding hydrogens is 272 g/mol. The van der Waals surface area contributed by atoms with Gasteiger partial charge in [-0.25, -0.2) is 8.42 Å². The van der Waals surface area contributed by atoms with Crippen LogP contribution in [0.3, 0.4) is 0 Å². The Labute approximate surface area is 122 Å². The van der Waals surface area contributed by atoms with Gasteiger partial charge in [0, 0.05) is 18.6 Å². The summed E-state index contributed by atoms with van der Waals surface area (Å²) in [4.78, 5) is 0.361. The molecule has 1 fully saturated rings. The van der Waals surface area contributed by atoms with Gasteiger partial charge in [0.1, 0.15) is 0 Å². The van der Waals surface area contributed by atoms with Gasteiger partial charge in [-0.05, 0) is 43.4 Å². The van der Waals surface area contributed by atoms with Gasteiger partial charge in [-0.15, -0.1) is 0 Å². The summed E-state index contributed by atoms with van der Waals surface area (Å²) in [5.41, 5.74) is 6.88. The molecule has 0 saturated carbocycles. The van der Waals surface area contributed by atoms with Crippen LogP contribution < -0.4 is 5.73 Å². The predicted octanol–water partition coefficient (Wildman–Crippen LogP) is 2.52. The zero-order valence-corrected chi connectivity index (χ0v) is 13.2. The van der Waals surface area contributed by atoms with Gasteiger partial charge in [-0.1, -0.05) is 26.0 Å². The second kappa shape index (κ2) is 5.84. The number of hydrogen-bond acceptors (Lipinski definition) is 3. The summed E-state index contributed by atoms with van der Waals surface area (Å²) in [6.45, 7) is 6.67. The van der Waals surface area contributed by atoms with Gasteiger partial charge >= 0.3 is 0 Å². The molecule has 4 nitrogen and oxygen atoms in total. The van der Waals surface area contributed by atoms with E-state index >= 15 is 0 Å². The molecule has 20 heavy (non-hydrogen) atoms. The third-order valence-electron chi connectivity index (χ3n) is 4.06. The van der Waals surface area contributed by atoms with Gasteiger partial charge in [0.15, 0.2) is 0 Å². The maximum absolute atomic E-state index is 12.7. The maximum atomic E-state index is 12.7. The van der Waals surface area contributed by atoms with E-state index in [0.29, 0.717) is 17.4 Å². The summed E-state index contributed by atoms with van der Waals surface area (Å²) in [6, 6.07) is 7.01. The van der Waals surface area contributed by atoms with Crippen molar-refractivity contribution in [2.45, 2.75) is 50.6 Å². The van der Waals surface area contributed by atoms with Crippen LogP contribution >= 0.6 is 0 Å². The smallest absolute Gasteiger partial charge is 0.243 e. The molecule has 0 aromatic heterocycles. The average Bonchev–Trinajstić information content (AvgIpc) is 2.77. The second-order valence-electron chi connectivity index (χ2n) is 5.85. The first-order chi connectivity index (χ1) is 9.36. The lowest BCUT2D eigenvalue weighted by Crippen LogP contribution is -2.34. The fraction of sp³-hybridized carbons (Fsp3) is 0.600. The number of hydrogen-bond donors (Lipinski definition) is 1. The topological polar surface area (TPSA) is 63.4 Å². The minimum absolute atomic E-state index is 0.0681. The molecule has 0 amide bonds. The van der Waals surface area contributed by atoms with Crippen molar-refractivity contribution < 1.29 is 8.42 Å². The van der Waals surface area contributed by atoms with Crippen molar-refractivity contribution in [1.82, 2.24) is 4.31 Å². The SMILES string of the molecule is CCC(N)c1cccc(S(=O)(=O)N2CC(C)CC2C)c1. The van der Waals surface area contributed by atoms with Crippen LogP contribution in [-0.4, -0.2) is 25.3 Å². The molecule has 2 N–H and O–H groups in total. The highest BCUT2D eigenvalue weighted by molar-refractivity contribution is 7.89. The van der Waals surface area contributed by atoms with Crippen molar-refractivity contribution >= 4 is 10.0 Å². The standard InChI is InChI=1S/C15H24N2O2S/c1-4-15(16)13-6-5-7-14(9-13)20(18,19)17-10-11(2)8-12(17)3/h5-7,9,11-12,15H,4,8,10,16H2,1-3H3. The van der Waals surface area contributed by atoms with Crippen LogP contribution in [0.1, 0.15) is 45.2 Å². The first-order valence-electron chi connectivity index (χ1n) is 7.23. The molecule has 1 heterocycles. The number of sulfonamides is 1. The molecule has 0 aliphatic carbocycles. The normalized spacial score (nSPS) is 25.8. The molecule has 2 rings (SSSR count). The summed E-state index contributed by atoms with van der Waals surface area (Å²) < 4.78 is 27.1. The lowest BCUT2D eigenvalue weighted by molar-refractivity contribution is 0.405. The van der Waals surface area contributed by atoms with Crippen molar-refractivity contribution in [1.29, 1.82) is 0 Å². The van der Waals surface area contributed by atoms with E-state index in [1.165, 1.54) is 0 Å². The highest BCUT2D eigenvalue weighted by Crippen LogP contribution is 2.30. The van der Waals surface area contributed by atoms with Gasteiger partial charge in [-0.2, -0.15) is 4.31 Å². The highest BCUT2D eigenvalue weighted by Gasteiger charge is 2.36. The summed E-state index contributed by atoms with van der Waals surface area (Å²) in [6.07, 6.45) is 1.72. The lowest BCUT2D eigenvalue weighted by Gasteiger charge is -2.21. The van der Waals surface area contributed by atoms with E-state index in [0.717, 1.165) is 18.4 Å². The molecule has 1 aromatic rings. The van der Waals surface area contributed by atoms with Crippen LogP contribution in [-0.2, 0) is 10.0 Å². The Hall–Kier alpha value is -0.910. The molecule has 1 aromatic carbocycles. The van der Waals surface area contributed by atoms with Crippen molar-refractivity contribution in [3.63, 3.8) is 0 Å². The minimum Gasteiger partial charge on any atom is -0.324 e. The maximum Gasteiger partial charge on any atom is 0.243 e. The largest absolute Gasteiger partial charge is 0.324 e. The molecular formula is C15H24N2O2S. The molecule has 1 saturated heterocycles. The van der Waals surface area contributed by atoms with Gasteiger partial charge in [-0.3, -0.25) is 0 Å². The van der Waals surface area contributed by atoms with Gasteiger partial charge in [0.05, 0.1) is 4.90 Å². The number of nitrogens with zero attached hydrogens (tertiary/aromatic N) is 1. The zero-order chi connectivity index (χ0) is 14.9. The van der Waals surface area contributed by atoms with Crippen LogP contribution in [0.2, 0.25) is 0 Å². The Morgan fingerprint density at radius 1 is 1.40 bits per heavy atom. The quantitative estimate of drug-likeness (QED) is 0.928. The molecule has 0 bridgehead atoms. The third kappa shape index (κ3) is 2.90. The van der Waals surface area contributed by atoms with Crippen LogP contribution in [0.5, 0.6) is 0 Å². The molecule has 112 valence electrons. The Kier molecular flexibility index (Phi) is 4.52. The minimum atomic E-state index is -3.41. The van der Waals surface area contributed by atoms with Gasteiger partial charge in [0.25, 0.3) is 0 Å². The summed E-state index contributed by atoms with van der Waals surface area (Å²) >= 11 is 0. The fourth-order valence-electron chi connectivity index (χ4n) is 2.87. The average molecular weight is 296 g/mol. The van der Waals surface area contributed by atoms with Crippen LogP contribution in [0.15, 0.2) is 29.2 Å². The van der Waals surface area contributed by atoms with E-state index in [9.17, 15) is 8.42 Å². The Morgan fingerprint density at radius 2 is 2.10 bits per heavy atom. The van der Waals surface area contributed by atoms with E-state index in [2.05, 4.69) is 6.92 Å². The second-order valence-corrected chi connectivity index (χ2v) is 7.74. The molecule has 1 aliphatic rings. The molecule has 3 atom stereocenters. The number of benzene rings is 1. The Morgan fingerprint density at radius 3 is 2.65 bits per heavy atom. The van der Waals surface area contributed by atoms with Crippen molar-refractivity contribution in [2.24, 2.45) is 11.7 Å². The monoisotopic (exact) mass is 296 g/mol. The molecule has 3 unspecified atom stereocenters. The van der Waals surface area contributed by atoms with Crippen LogP contribution in [0, 0.1) is 5.92 Å². The Bertz CT molecular complexity index is 571. The molecule has 5 heteroatoms. The van der Waals surface area contributed by atoms with E-state index in [1.807, 2.05) is 19.9 Å². The Balaban J connectivity index is 2.35.